The van der Waals surface area contributed by atoms with Gasteiger partial charge in [-0.3, -0.25) is 5.32 Å². The summed E-state index contributed by atoms with van der Waals surface area (Å²) in [5.74, 6) is -0.307. The lowest BCUT2D eigenvalue weighted by Gasteiger charge is -2.09. The number of nitrogens with zero attached hydrogens (tertiary/aromatic N) is 3. The molecule has 174 valence electrons. The van der Waals surface area contributed by atoms with Crippen LogP contribution in [0.2, 0.25) is 0 Å². The minimum atomic E-state index is -0.679. The van der Waals surface area contributed by atoms with E-state index < -0.39 is 6.09 Å². The summed E-state index contributed by atoms with van der Waals surface area (Å²) in [5.41, 5.74) is 6.72. The van der Waals surface area contributed by atoms with E-state index in [9.17, 15) is 9.90 Å². The van der Waals surface area contributed by atoms with Crippen LogP contribution in [0.4, 0.5) is 27.8 Å². The van der Waals surface area contributed by atoms with E-state index >= 15 is 0 Å². The summed E-state index contributed by atoms with van der Waals surface area (Å²) < 4.78 is 5.16. The monoisotopic (exact) mass is 441 g/mol. The number of carbonyl (C=O) groups is 1. The molecule has 0 aliphatic heterocycles. The normalized spacial score (nSPS) is 11.0. The van der Waals surface area contributed by atoms with Gasteiger partial charge in [0, 0.05) is 6.07 Å². The molecule has 0 bridgehead atoms. The van der Waals surface area contributed by atoms with Crippen molar-refractivity contribution in [1.29, 1.82) is 0 Å². The lowest BCUT2D eigenvalue weighted by Crippen LogP contribution is -2.15. The Morgan fingerprint density at radius 2 is 1.62 bits per heavy atom. The first-order valence-electron chi connectivity index (χ1n) is 11.5. The predicted octanol–water partition coefficient (Wildman–Crippen LogP) is 7.25. The Labute approximate surface area is 190 Å². The topological polar surface area (TPSA) is 122 Å². The van der Waals surface area contributed by atoms with Crippen LogP contribution in [0, 0.1) is 0 Å². The molecule has 1 aromatic carbocycles. The number of azo groups is 1. The fourth-order valence-corrected chi connectivity index (χ4v) is 3.17. The summed E-state index contributed by atoms with van der Waals surface area (Å²) in [6, 6.07) is 10.4. The van der Waals surface area contributed by atoms with E-state index in [1.165, 1.54) is 51.0 Å². The minimum Gasteiger partial charge on any atom is -0.504 e. The fraction of sp³-hybridized carbons (Fsp3) is 0.500. The van der Waals surface area contributed by atoms with Crippen LogP contribution >= 0.6 is 0 Å². The second kappa shape index (κ2) is 14.8. The molecule has 0 spiro atoms. The van der Waals surface area contributed by atoms with Gasteiger partial charge in [-0.1, -0.05) is 82.9 Å². The van der Waals surface area contributed by atoms with E-state index in [-0.39, 0.29) is 23.1 Å². The number of pyridine rings is 1. The van der Waals surface area contributed by atoms with Crippen LogP contribution in [0.15, 0.2) is 46.6 Å². The zero-order valence-electron chi connectivity index (χ0n) is 18.9. The van der Waals surface area contributed by atoms with Crippen LogP contribution < -0.4 is 11.1 Å². The molecule has 0 radical (unpaired) electrons. The molecule has 0 aliphatic carbocycles. The van der Waals surface area contributed by atoms with Gasteiger partial charge in [0.25, 0.3) is 0 Å². The largest absolute Gasteiger partial charge is 0.504 e. The smallest absolute Gasteiger partial charge is 0.412 e. The number of hydrogen-bond acceptors (Lipinski definition) is 7. The third-order valence-corrected chi connectivity index (χ3v) is 4.99. The molecule has 32 heavy (non-hydrogen) atoms. The van der Waals surface area contributed by atoms with E-state index in [0.717, 1.165) is 19.3 Å². The molecule has 0 unspecified atom stereocenters. The van der Waals surface area contributed by atoms with Crippen LogP contribution in [0.1, 0.15) is 71.1 Å². The van der Waals surface area contributed by atoms with Crippen molar-refractivity contribution in [2.45, 2.75) is 71.1 Å². The number of carbonyl (C=O) groups excluding carboxylic acids is 1. The Balaban J connectivity index is 1.66. The Morgan fingerprint density at radius 3 is 2.28 bits per heavy atom. The maximum atomic E-state index is 12.0. The number of rotatable bonds is 14. The molecule has 0 aliphatic rings. The summed E-state index contributed by atoms with van der Waals surface area (Å²) in [4.78, 5) is 16.0. The number of aromatic hydroxyl groups is 1. The number of ether oxygens (including phenoxy) is 1. The van der Waals surface area contributed by atoms with Crippen molar-refractivity contribution in [3.63, 3.8) is 0 Å². The van der Waals surface area contributed by atoms with Crippen molar-refractivity contribution in [1.82, 2.24) is 4.98 Å². The van der Waals surface area contributed by atoms with Crippen LogP contribution in [0.3, 0.4) is 0 Å². The third kappa shape index (κ3) is 9.76. The van der Waals surface area contributed by atoms with E-state index in [1.807, 2.05) is 18.2 Å². The van der Waals surface area contributed by atoms with Gasteiger partial charge in [0.05, 0.1) is 12.3 Å². The standard InChI is InChI=1S/C24H35N5O3/c1-2-3-4-5-6-7-8-9-10-14-17-32-24(31)27-23-21(30)18-20(22(25)26-23)29-28-19-15-12-11-13-16-19/h11-13,15-16,18,30H,2-10,14,17H2,1H3,(H3,25,26,27,31). The zero-order chi connectivity index (χ0) is 23.0. The molecule has 4 N–H and O–H groups in total. The number of nitrogen functional groups attached to an aromatic ring is 1. The summed E-state index contributed by atoms with van der Waals surface area (Å²) in [7, 11) is 0. The molecule has 1 heterocycles. The van der Waals surface area contributed by atoms with E-state index in [1.54, 1.807) is 12.1 Å². The number of aromatic nitrogens is 1. The van der Waals surface area contributed by atoms with Gasteiger partial charge in [0.2, 0.25) is 0 Å². The van der Waals surface area contributed by atoms with Gasteiger partial charge in [-0.15, -0.1) is 5.11 Å². The van der Waals surface area contributed by atoms with Crippen molar-refractivity contribution in [2.24, 2.45) is 10.2 Å². The van der Waals surface area contributed by atoms with E-state index in [0.29, 0.717) is 12.3 Å². The van der Waals surface area contributed by atoms with Gasteiger partial charge in [0.15, 0.2) is 17.4 Å². The maximum Gasteiger partial charge on any atom is 0.412 e. The number of nitrogens with two attached hydrogens (primary N) is 1. The Bertz CT molecular complexity index is 843. The first kappa shape index (κ1) is 25.1. The van der Waals surface area contributed by atoms with Crippen molar-refractivity contribution < 1.29 is 14.6 Å². The van der Waals surface area contributed by atoms with Gasteiger partial charge in [0.1, 0.15) is 5.69 Å². The number of hydrogen-bond donors (Lipinski definition) is 3. The van der Waals surface area contributed by atoms with E-state index in [2.05, 4.69) is 27.5 Å². The SMILES string of the molecule is CCCCCCCCCCCCOC(=O)Nc1nc(N)c(N=Nc2ccccc2)cc1O. The fourth-order valence-electron chi connectivity index (χ4n) is 3.17. The molecule has 8 heteroatoms. The highest BCUT2D eigenvalue weighted by molar-refractivity contribution is 5.86. The van der Waals surface area contributed by atoms with Crippen molar-refractivity contribution in [2.75, 3.05) is 17.7 Å². The van der Waals surface area contributed by atoms with Gasteiger partial charge < -0.3 is 15.6 Å². The number of benzene rings is 1. The lowest BCUT2D eigenvalue weighted by molar-refractivity contribution is 0.159. The molecule has 1 aromatic heterocycles. The summed E-state index contributed by atoms with van der Waals surface area (Å²) in [6.45, 7) is 2.55. The van der Waals surface area contributed by atoms with Crippen molar-refractivity contribution in [3.05, 3.63) is 36.4 Å². The zero-order valence-corrected chi connectivity index (χ0v) is 18.9. The number of unbranched alkanes of at least 4 members (excludes halogenated alkanes) is 9. The van der Waals surface area contributed by atoms with Crippen LogP contribution in [-0.2, 0) is 4.74 Å². The number of nitrogens with one attached hydrogen (secondary N) is 1. The van der Waals surface area contributed by atoms with Crippen LogP contribution in [-0.4, -0.2) is 22.8 Å². The first-order valence-corrected chi connectivity index (χ1v) is 11.5. The van der Waals surface area contributed by atoms with E-state index in [4.69, 9.17) is 10.5 Å². The summed E-state index contributed by atoms with van der Waals surface area (Å²) >= 11 is 0. The minimum absolute atomic E-state index is 0.0347. The van der Waals surface area contributed by atoms with Gasteiger partial charge in [-0.05, 0) is 18.6 Å². The first-order chi connectivity index (χ1) is 15.6. The molecule has 1 amide bonds. The highest BCUT2D eigenvalue weighted by Gasteiger charge is 2.13. The molecule has 8 nitrogen and oxygen atoms in total. The van der Waals surface area contributed by atoms with Gasteiger partial charge >= 0.3 is 6.09 Å². The Kier molecular flexibility index (Phi) is 11.6. The molecule has 0 fully saturated rings. The highest BCUT2D eigenvalue weighted by atomic mass is 16.5. The molecular formula is C24H35N5O3. The van der Waals surface area contributed by atoms with Crippen LogP contribution in [0.25, 0.3) is 0 Å². The van der Waals surface area contributed by atoms with Gasteiger partial charge in [-0.2, -0.15) is 5.11 Å². The quantitative estimate of drug-likeness (QED) is 0.210. The maximum absolute atomic E-state index is 12.0. The number of amides is 1. The molecular weight excluding hydrogens is 406 g/mol. The predicted molar refractivity (Wildman–Crippen MR) is 128 cm³/mol. The average molecular weight is 442 g/mol. The second-order valence-corrected chi connectivity index (χ2v) is 7.74. The second-order valence-electron chi connectivity index (χ2n) is 7.74. The highest BCUT2D eigenvalue weighted by Crippen LogP contribution is 2.32. The molecule has 0 saturated heterocycles. The lowest BCUT2D eigenvalue weighted by atomic mass is 10.1. The summed E-state index contributed by atoms with van der Waals surface area (Å²) in [5, 5.41) is 20.6. The van der Waals surface area contributed by atoms with Crippen molar-refractivity contribution >= 4 is 29.1 Å². The summed E-state index contributed by atoms with van der Waals surface area (Å²) in [6.07, 6.45) is 11.4. The molecule has 0 atom stereocenters. The van der Waals surface area contributed by atoms with Crippen molar-refractivity contribution in [3.8, 4) is 5.75 Å². The Hall–Kier alpha value is -3.16. The molecule has 2 aromatic rings. The Morgan fingerprint density at radius 1 is 1.00 bits per heavy atom. The molecule has 0 saturated carbocycles. The molecule has 2 rings (SSSR count). The van der Waals surface area contributed by atoms with Gasteiger partial charge in [-0.25, -0.2) is 9.78 Å². The average Bonchev–Trinajstić information content (AvgIpc) is 2.79. The third-order valence-electron chi connectivity index (χ3n) is 4.99. The van der Waals surface area contributed by atoms with Crippen LogP contribution in [0.5, 0.6) is 5.75 Å². The number of anilines is 2.